The van der Waals surface area contributed by atoms with E-state index in [9.17, 15) is 4.79 Å². The van der Waals surface area contributed by atoms with Gasteiger partial charge < -0.3 is 10.6 Å². The molecule has 1 aromatic carbocycles. The Morgan fingerprint density at radius 3 is 2.36 bits per heavy atom. The molecule has 0 aliphatic carbocycles. The maximum Gasteiger partial charge on any atom is 0.320 e. The minimum Gasteiger partial charge on any atom is -0.354 e. The molecule has 2 aromatic rings. The van der Waals surface area contributed by atoms with E-state index in [1.54, 1.807) is 24.4 Å². The topological polar surface area (TPSA) is 89.8 Å². The zero-order valence-corrected chi connectivity index (χ0v) is 12.4. The second kappa shape index (κ2) is 7.09. The fraction of sp³-hybridized carbons (Fsp3) is 0.188. The molecule has 112 valence electrons. The number of anilines is 3. The monoisotopic (exact) mass is 295 g/mol. The average Bonchev–Trinajstić information content (AvgIpc) is 2.49. The van der Waals surface area contributed by atoms with E-state index in [4.69, 9.17) is 5.26 Å². The predicted octanol–water partition coefficient (Wildman–Crippen LogP) is 3.23. The smallest absolute Gasteiger partial charge is 0.320 e. The maximum atomic E-state index is 11.6. The Hall–Kier alpha value is -3.07. The molecule has 0 spiro atoms. The van der Waals surface area contributed by atoms with E-state index in [1.165, 1.54) is 0 Å². The molecule has 0 saturated carbocycles. The number of hydrogen-bond donors (Lipinski definition) is 3. The zero-order valence-electron chi connectivity index (χ0n) is 12.4. The van der Waals surface area contributed by atoms with Gasteiger partial charge in [-0.2, -0.15) is 5.26 Å². The van der Waals surface area contributed by atoms with Gasteiger partial charge in [-0.1, -0.05) is 0 Å². The van der Waals surface area contributed by atoms with Gasteiger partial charge in [0.25, 0.3) is 0 Å². The molecular formula is C16H17N5O. The third kappa shape index (κ3) is 4.49. The van der Waals surface area contributed by atoms with Crippen LogP contribution in [0, 0.1) is 11.3 Å². The molecule has 6 heteroatoms. The van der Waals surface area contributed by atoms with E-state index in [-0.39, 0.29) is 12.1 Å². The minimum atomic E-state index is -0.282. The van der Waals surface area contributed by atoms with Crippen LogP contribution >= 0.6 is 0 Å². The van der Waals surface area contributed by atoms with Crippen molar-refractivity contribution in [2.24, 2.45) is 0 Å². The van der Waals surface area contributed by atoms with E-state index >= 15 is 0 Å². The van der Waals surface area contributed by atoms with Gasteiger partial charge in [-0.05, 0) is 50.2 Å². The zero-order chi connectivity index (χ0) is 15.9. The van der Waals surface area contributed by atoms with Crippen molar-refractivity contribution < 1.29 is 4.79 Å². The molecule has 2 amide bonds. The Morgan fingerprint density at radius 2 is 1.82 bits per heavy atom. The number of aromatic nitrogens is 1. The van der Waals surface area contributed by atoms with Crippen LogP contribution in [0.25, 0.3) is 0 Å². The second-order valence-corrected chi connectivity index (χ2v) is 5.00. The van der Waals surface area contributed by atoms with Crippen LogP contribution < -0.4 is 16.0 Å². The van der Waals surface area contributed by atoms with E-state index in [0.717, 1.165) is 11.4 Å². The number of urea groups is 1. The van der Waals surface area contributed by atoms with Crippen molar-refractivity contribution in [1.29, 1.82) is 5.26 Å². The summed E-state index contributed by atoms with van der Waals surface area (Å²) in [5.41, 5.74) is 2.26. The first-order chi connectivity index (χ1) is 10.6. The molecule has 0 aliphatic rings. The molecule has 6 nitrogen and oxygen atoms in total. The van der Waals surface area contributed by atoms with Crippen LogP contribution in [0.1, 0.15) is 19.4 Å². The third-order valence-corrected chi connectivity index (χ3v) is 2.73. The molecule has 0 saturated heterocycles. The Balaban J connectivity index is 1.96. The Morgan fingerprint density at radius 1 is 1.14 bits per heavy atom. The van der Waals surface area contributed by atoms with Crippen molar-refractivity contribution in [2.75, 3.05) is 10.6 Å². The van der Waals surface area contributed by atoms with Crippen LogP contribution in [-0.2, 0) is 0 Å². The summed E-state index contributed by atoms with van der Waals surface area (Å²) in [6, 6.07) is 12.5. The lowest BCUT2D eigenvalue weighted by molar-refractivity contribution is 0.250. The summed E-state index contributed by atoms with van der Waals surface area (Å²) in [5, 5.41) is 17.3. The summed E-state index contributed by atoms with van der Waals surface area (Å²) < 4.78 is 0. The van der Waals surface area contributed by atoms with Crippen molar-refractivity contribution in [3.05, 3.63) is 48.2 Å². The van der Waals surface area contributed by atoms with Crippen LogP contribution in [0.2, 0.25) is 0 Å². The first-order valence-electron chi connectivity index (χ1n) is 6.87. The van der Waals surface area contributed by atoms with Gasteiger partial charge in [0.1, 0.15) is 5.82 Å². The number of nitrogens with one attached hydrogen (secondary N) is 3. The van der Waals surface area contributed by atoms with E-state index in [1.807, 2.05) is 32.0 Å². The molecule has 0 bridgehead atoms. The van der Waals surface area contributed by atoms with Crippen molar-refractivity contribution in [2.45, 2.75) is 19.9 Å². The number of nitriles is 1. The van der Waals surface area contributed by atoms with Gasteiger partial charge in [0.2, 0.25) is 0 Å². The van der Waals surface area contributed by atoms with Gasteiger partial charge in [0.05, 0.1) is 23.5 Å². The van der Waals surface area contributed by atoms with Crippen molar-refractivity contribution >= 4 is 23.2 Å². The van der Waals surface area contributed by atoms with E-state index in [2.05, 4.69) is 27.0 Å². The summed E-state index contributed by atoms with van der Waals surface area (Å²) in [5.74, 6) is 0.475. The van der Waals surface area contributed by atoms with Crippen LogP contribution in [0.15, 0.2) is 42.6 Å². The van der Waals surface area contributed by atoms with Gasteiger partial charge in [0.15, 0.2) is 0 Å². The molecule has 1 aromatic heterocycles. The van der Waals surface area contributed by atoms with Crippen LogP contribution in [0.3, 0.4) is 0 Å². The highest BCUT2D eigenvalue weighted by Crippen LogP contribution is 2.17. The van der Waals surface area contributed by atoms with Crippen LogP contribution in [0.5, 0.6) is 0 Å². The summed E-state index contributed by atoms with van der Waals surface area (Å²) in [4.78, 5) is 15.7. The maximum absolute atomic E-state index is 11.6. The molecule has 0 atom stereocenters. The van der Waals surface area contributed by atoms with Crippen LogP contribution in [0.4, 0.5) is 22.0 Å². The SMILES string of the molecule is CC(C)NC(=O)Nc1ccc(Nc2ccc(C#N)cc2)cn1. The third-order valence-electron chi connectivity index (χ3n) is 2.73. The molecule has 3 N–H and O–H groups in total. The van der Waals surface area contributed by atoms with E-state index < -0.39 is 0 Å². The molecular weight excluding hydrogens is 278 g/mol. The van der Waals surface area contributed by atoms with Gasteiger partial charge in [-0.25, -0.2) is 9.78 Å². The average molecular weight is 295 g/mol. The molecule has 0 unspecified atom stereocenters. The van der Waals surface area contributed by atoms with Gasteiger partial charge in [-0.15, -0.1) is 0 Å². The largest absolute Gasteiger partial charge is 0.354 e. The Bertz CT molecular complexity index is 671. The number of nitrogens with zero attached hydrogens (tertiary/aromatic N) is 2. The first kappa shape index (κ1) is 15.3. The number of rotatable bonds is 4. The normalized spacial score (nSPS) is 9.91. The number of carbonyl (C=O) groups is 1. The highest BCUT2D eigenvalue weighted by molar-refractivity contribution is 5.88. The van der Waals surface area contributed by atoms with E-state index in [0.29, 0.717) is 11.4 Å². The fourth-order valence-corrected chi connectivity index (χ4v) is 1.75. The summed E-state index contributed by atoms with van der Waals surface area (Å²) in [6.45, 7) is 3.77. The van der Waals surface area contributed by atoms with Gasteiger partial charge in [0, 0.05) is 11.7 Å². The second-order valence-electron chi connectivity index (χ2n) is 5.00. The Labute approximate surface area is 129 Å². The minimum absolute atomic E-state index is 0.0670. The van der Waals surface area contributed by atoms with Crippen molar-refractivity contribution in [1.82, 2.24) is 10.3 Å². The quantitative estimate of drug-likeness (QED) is 0.807. The number of hydrogen-bond acceptors (Lipinski definition) is 4. The fourth-order valence-electron chi connectivity index (χ4n) is 1.75. The molecule has 1 heterocycles. The Kier molecular flexibility index (Phi) is 4.94. The molecule has 0 radical (unpaired) electrons. The summed E-state index contributed by atoms with van der Waals surface area (Å²) in [7, 11) is 0. The highest BCUT2D eigenvalue weighted by Gasteiger charge is 2.04. The standard InChI is InChI=1S/C16H17N5O/c1-11(2)19-16(22)21-15-8-7-14(10-18-15)20-13-5-3-12(9-17)4-6-13/h3-8,10-11,20H,1-2H3,(H2,18,19,21,22). The molecule has 2 rings (SSSR count). The highest BCUT2D eigenvalue weighted by atomic mass is 16.2. The molecule has 0 aliphatic heterocycles. The number of amides is 2. The van der Waals surface area contributed by atoms with Gasteiger partial charge in [-0.3, -0.25) is 5.32 Å². The molecule has 22 heavy (non-hydrogen) atoms. The first-order valence-corrected chi connectivity index (χ1v) is 6.87. The predicted molar refractivity (Wildman–Crippen MR) is 86.0 cm³/mol. The van der Waals surface area contributed by atoms with Gasteiger partial charge >= 0.3 is 6.03 Å². The lowest BCUT2D eigenvalue weighted by Crippen LogP contribution is -2.34. The van der Waals surface area contributed by atoms with Crippen molar-refractivity contribution in [3.63, 3.8) is 0 Å². The summed E-state index contributed by atoms with van der Waals surface area (Å²) >= 11 is 0. The van der Waals surface area contributed by atoms with Crippen LogP contribution in [-0.4, -0.2) is 17.1 Å². The number of pyridine rings is 1. The summed E-state index contributed by atoms with van der Waals surface area (Å²) in [6.07, 6.45) is 1.63. The lowest BCUT2D eigenvalue weighted by Gasteiger charge is -2.10. The molecule has 0 fully saturated rings. The number of benzene rings is 1. The number of carbonyl (C=O) groups excluding carboxylic acids is 1. The van der Waals surface area contributed by atoms with Crippen molar-refractivity contribution in [3.8, 4) is 6.07 Å². The lowest BCUT2D eigenvalue weighted by atomic mass is 10.2.